The SMILES string of the molecule is c1ccc(CC2CCCC/C2=N\Oc2ccccc2)cc1. The zero-order chi connectivity index (χ0) is 14.3. The number of hydrogen-bond acceptors (Lipinski definition) is 2. The highest BCUT2D eigenvalue weighted by Gasteiger charge is 2.21. The largest absolute Gasteiger partial charge is 0.357 e. The third kappa shape index (κ3) is 3.94. The van der Waals surface area contributed by atoms with Gasteiger partial charge in [-0.2, -0.15) is 0 Å². The molecule has 0 saturated heterocycles. The van der Waals surface area contributed by atoms with Crippen molar-refractivity contribution in [1.82, 2.24) is 0 Å². The summed E-state index contributed by atoms with van der Waals surface area (Å²) < 4.78 is 0. The lowest BCUT2D eigenvalue weighted by Crippen LogP contribution is -2.22. The molecule has 0 N–H and O–H groups in total. The van der Waals surface area contributed by atoms with Gasteiger partial charge in [-0.25, -0.2) is 0 Å². The Morgan fingerprint density at radius 3 is 2.38 bits per heavy atom. The van der Waals surface area contributed by atoms with Crippen LogP contribution in [0, 0.1) is 5.92 Å². The first-order valence-corrected chi connectivity index (χ1v) is 7.74. The van der Waals surface area contributed by atoms with Crippen LogP contribution in [0.4, 0.5) is 0 Å². The minimum atomic E-state index is 0.518. The molecule has 1 aliphatic carbocycles. The van der Waals surface area contributed by atoms with Gasteiger partial charge in [0.05, 0.1) is 5.71 Å². The van der Waals surface area contributed by atoms with Crippen molar-refractivity contribution < 1.29 is 4.84 Å². The van der Waals surface area contributed by atoms with E-state index in [-0.39, 0.29) is 0 Å². The van der Waals surface area contributed by atoms with Crippen molar-refractivity contribution in [1.29, 1.82) is 0 Å². The highest BCUT2D eigenvalue weighted by Crippen LogP contribution is 2.25. The molecule has 1 fully saturated rings. The van der Waals surface area contributed by atoms with Gasteiger partial charge in [0.1, 0.15) is 0 Å². The summed E-state index contributed by atoms with van der Waals surface area (Å²) in [6.45, 7) is 0. The summed E-state index contributed by atoms with van der Waals surface area (Å²) in [4.78, 5) is 5.60. The van der Waals surface area contributed by atoms with Crippen LogP contribution in [-0.2, 0) is 6.42 Å². The molecule has 1 unspecified atom stereocenters. The summed E-state index contributed by atoms with van der Waals surface area (Å²) in [6.07, 6.45) is 5.86. The summed E-state index contributed by atoms with van der Waals surface area (Å²) >= 11 is 0. The number of hydrogen-bond donors (Lipinski definition) is 0. The van der Waals surface area contributed by atoms with Crippen LogP contribution < -0.4 is 4.84 Å². The van der Waals surface area contributed by atoms with Crippen LogP contribution in [0.3, 0.4) is 0 Å². The molecule has 0 radical (unpaired) electrons. The van der Waals surface area contributed by atoms with Crippen LogP contribution in [0.5, 0.6) is 5.75 Å². The Labute approximate surface area is 126 Å². The Bertz CT molecular complexity index is 577. The summed E-state index contributed by atoms with van der Waals surface area (Å²) in [5, 5.41) is 4.45. The van der Waals surface area contributed by atoms with E-state index in [2.05, 4.69) is 35.5 Å². The van der Waals surface area contributed by atoms with Gasteiger partial charge in [-0.05, 0) is 43.4 Å². The van der Waals surface area contributed by atoms with Crippen LogP contribution in [0.15, 0.2) is 65.8 Å². The smallest absolute Gasteiger partial charge is 0.157 e. The molecule has 108 valence electrons. The second-order valence-corrected chi connectivity index (χ2v) is 5.62. The maximum atomic E-state index is 5.60. The Kier molecular flexibility index (Phi) is 4.67. The molecule has 1 atom stereocenters. The van der Waals surface area contributed by atoms with Gasteiger partial charge >= 0.3 is 0 Å². The molecule has 2 nitrogen and oxygen atoms in total. The van der Waals surface area contributed by atoms with E-state index in [0.29, 0.717) is 5.92 Å². The van der Waals surface area contributed by atoms with Crippen molar-refractivity contribution in [2.24, 2.45) is 11.1 Å². The minimum absolute atomic E-state index is 0.518. The van der Waals surface area contributed by atoms with Gasteiger partial charge in [0.2, 0.25) is 0 Å². The zero-order valence-corrected chi connectivity index (χ0v) is 12.2. The van der Waals surface area contributed by atoms with Gasteiger partial charge in [-0.3, -0.25) is 0 Å². The van der Waals surface area contributed by atoms with Crippen molar-refractivity contribution in [2.75, 3.05) is 0 Å². The average molecular weight is 279 g/mol. The molecule has 1 aliphatic rings. The zero-order valence-electron chi connectivity index (χ0n) is 12.2. The van der Waals surface area contributed by atoms with Gasteiger partial charge in [0.25, 0.3) is 0 Å². The van der Waals surface area contributed by atoms with Gasteiger partial charge in [0, 0.05) is 5.92 Å². The third-order valence-electron chi connectivity index (χ3n) is 4.04. The maximum absolute atomic E-state index is 5.60. The molecular weight excluding hydrogens is 258 g/mol. The van der Waals surface area contributed by atoms with E-state index in [9.17, 15) is 0 Å². The van der Waals surface area contributed by atoms with E-state index in [1.165, 1.54) is 30.5 Å². The fourth-order valence-corrected chi connectivity index (χ4v) is 2.90. The first-order chi connectivity index (χ1) is 10.4. The summed E-state index contributed by atoms with van der Waals surface area (Å²) in [5.41, 5.74) is 2.60. The number of oxime groups is 1. The quantitative estimate of drug-likeness (QED) is 0.733. The minimum Gasteiger partial charge on any atom is -0.357 e. The normalized spacial score (nSPS) is 20.4. The molecule has 1 saturated carbocycles. The molecule has 0 spiro atoms. The maximum Gasteiger partial charge on any atom is 0.157 e. The highest BCUT2D eigenvalue weighted by molar-refractivity contribution is 5.87. The predicted molar refractivity (Wildman–Crippen MR) is 86.6 cm³/mol. The highest BCUT2D eigenvalue weighted by atomic mass is 16.6. The average Bonchev–Trinajstić information content (AvgIpc) is 2.56. The van der Waals surface area contributed by atoms with Crippen LogP contribution in [0.1, 0.15) is 31.2 Å². The van der Waals surface area contributed by atoms with Crippen molar-refractivity contribution in [2.45, 2.75) is 32.1 Å². The van der Waals surface area contributed by atoms with E-state index < -0.39 is 0 Å². The van der Waals surface area contributed by atoms with Gasteiger partial charge in [-0.15, -0.1) is 0 Å². The number of para-hydroxylation sites is 1. The molecule has 0 heterocycles. The summed E-state index contributed by atoms with van der Waals surface area (Å²) in [5.74, 6) is 1.33. The van der Waals surface area contributed by atoms with Crippen LogP contribution in [0.2, 0.25) is 0 Å². The van der Waals surface area contributed by atoms with E-state index >= 15 is 0 Å². The lowest BCUT2D eigenvalue weighted by molar-refractivity contribution is 0.330. The predicted octanol–water partition coefficient (Wildman–Crippen LogP) is 4.85. The molecule has 2 aromatic rings. The monoisotopic (exact) mass is 279 g/mol. The number of rotatable bonds is 4. The number of benzene rings is 2. The number of nitrogens with zero attached hydrogens (tertiary/aromatic N) is 1. The molecule has 2 aromatic carbocycles. The molecule has 0 amide bonds. The van der Waals surface area contributed by atoms with Crippen LogP contribution in [0.25, 0.3) is 0 Å². The van der Waals surface area contributed by atoms with Crippen molar-refractivity contribution >= 4 is 5.71 Å². The molecule has 3 rings (SSSR count). The molecule has 21 heavy (non-hydrogen) atoms. The van der Waals surface area contributed by atoms with Gasteiger partial charge in [0.15, 0.2) is 5.75 Å². The van der Waals surface area contributed by atoms with Crippen molar-refractivity contribution in [3.8, 4) is 5.75 Å². The Morgan fingerprint density at radius 2 is 1.62 bits per heavy atom. The van der Waals surface area contributed by atoms with E-state index in [1.807, 2.05) is 30.3 Å². The molecule has 2 heteroatoms. The second kappa shape index (κ2) is 7.07. The summed E-state index contributed by atoms with van der Waals surface area (Å²) in [6, 6.07) is 20.5. The third-order valence-corrected chi connectivity index (χ3v) is 4.04. The topological polar surface area (TPSA) is 21.6 Å². The van der Waals surface area contributed by atoms with Gasteiger partial charge < -0.3 is 4.84 Å². The van der Waals surface area contributed by atoms with Crippen LogP contribution in [-0.4, -0.2) is 5.71 Å². The fraction of sp³-hybridized carbons (Fsp3) is 0.316. The first kappa shape index (κ1) is 13.9. The Hall–Kier alpha value is -2.09. The van der Waals surface area contributed by atoms with E-state index in [4.69, 9.17) is 4.84 Å². The fourth-order valence-electron chi connectivity index (χ4n) is 2.90. The lowest BCUT2D eigenvalue weighted by Gasteiger charge is -2.23. The standard InChI is InChI=1S/C19H21NO/c1-3-9-16(10-4-1)15-17-11-7-8-14-19(17)20-21-18-12-5-2-6-13-18/h1-6,9-10,12-13,17H,7-8,11,14-15H2/b20-19+. The Balaban J connectivity index is 1.69. The van der Waals surface area contributed by atoms with Crippen molar-refractivity contribution in [3.63, 3.8) is 0 Å². The molecule has 0 aliphatic heterocycles. The van der Waals surface area contributed by atoms with Crippen LogP contribution >= 0.6 is 0 Å². The summed E-state index contributed by atoms with van der Waals surface area (Å²) in [7, 11) is 0. The Morgan fingerprint density at radius 1 is 0.905 bits per heavy atom. The molecule has 0 bridgehead atoms. The van der Waals surface area contributed by atoms with E-state index in [0.717, 1.165) is 18.6 Å². The van der Waals surface area contributed by atoms with Crippen molar-refractivity contribution in [3.05, 3.63) is 66.2 Å². The molecular formula is C19H21NO. The van der Waals surface area contributed by atoms with Gasteiger partial charge in [-0.1, -0.05) is 60.1 Å². The van der Waals surface area contributed by atoms with E-state index in [1.54, 1.807) is 0 Å². The lowest BCUT2D eigenvalue weighted by atomic mass is 9.83. The second-order valence-electron chi connectivity index (χ2n) is 5.62. The molecule has 0 aromatic heterocycles. The first-order valence-electron chi connectivity index (χ1n) is 7.74.